The second-order valence-electron chi connectivity index (χ2n) is 4.55. The SMILES string of the molecule is Fc1cnc(Cl)nc1NC1CCOC1C1CC1. The van der Waals surface area contributed by atoms with Crippen LogP contribution in [0, 0.1) is 11.7 Å². The van der Waals surface area contributed by atoms with Crippen LogP contribution in [0.3, 0.4) is 0 Å². The van der Waals surface area contributed by atoms with Gasteiger partial charge in [-0.3, -0.25) is 0 Å². The zero-order chi connectivity index (χ0) is 11.8. The van der Waals surface area contributed by atoms with Crippen LogP contribution in [0.25, 0.3) is 0 Å². The fourth-order valence-electron chi connectivity index (χ4n) is 2.28. The number of hydrogen-bond acceptors (Lipinski definition) is 4. The van der Waals surface area contributed by atoms with E-state index in [1.54, 1.807) is 0 Å². The predicted molar refractivity (Wildman–Crippen MR) is 61.5 cm³/mol. The fourth-order valence-corrected chi connectivity index (χ4v) is 2.41. The minimum Gasteiger partial charge on any atom is -0.376 e. The van der Waals surface area contributed by atoms with Crippen LogP contribution in [0.2, 0.25) is 5.28 Å². The summed E-state index contributed by atoms with van der Waals surface area (Å²) in [5.41, 5.74) is 0. The first-order valence-electron chi connectivity index (χ1n) is 5.80. The Bertz CT molecular complexity index is 427. The zero-order valence-electron chi connectivity index (χ0n) is 9.20. The highest BCUT2D eigenvalue weighted by molar-refractivity contribution is 6.28. The Kier molecular flexibility index (Phi) is 2.88. The molecule has 0 bridgehead atoms. The van der Waals surface area contributed by atoms with Crippen molar-refractivity contribution in [3.8, 4) is 0 Å². The molecule has 1 aliphatic heterocycles. The van der Waals surface area contributed by atoms with Gasteiger partial charge in [-0.2, -0.15) is 4.98 Å². The van der Waals surface area contributed by atoms with Crippen molar-refractivity contribution >= 4 is 17.4 Å². The van der Waals surface area contributed by atoms with E-state index in [1.807, 2.05) is 0 Å². The summed E-state index contributed by atoms with van der Waals surface area (Å²) in [6, 6.07) is 0.128. The minimum atomic E-state index is -0.476. The molecular weight excluding hydrogens is 245 g/mol. The van der Waals surface area contributed by atoms with E-state index in [-0.39, 0.29) is 23.2 Å². The van der Waals surface area contributed by atoms with Crippen LogP contribution in [0.15, 0.2) is 6.20 Å². The van der Waals surface area contributed by atoms with Crippen molar-refractivity contribution < 1.29 is 9.13 Å². The molecule has 3 rings (SSSR count). The van der Waals surface area contributed by atoms with Crippen molar-refractivity contribution in [2.75, 3.05) is 11.9 Å². The molecule has 2 aliphatic rings. The van der Waals surface area contributed by atoms with Gasteiger partial charge in [-0.05, 0) is 36.8 Å². The Labute approximate surface area is 104 Å². The van der Waals surface area contributed by atoms with E-state index in [0.717, 1.165) is 19.2 Å². The molecule has 1 aliphatic carbocycles. The van der Waals surface area contributed by atoms with Crippen LogP contribution in [0.4, 0.5) is 10.2 Å². The van der Waals surface area contributed by atoms with Gasteiger partial charge in [0.15, 0.2) is 11.6 Å². The second-order valence-corrected chi connectivity index (χ2v) is 4.89. The largest absolute Gasteiger partial charge is 0.376 e. The molecule has 2 atom stereocenters. The van der Waals surface area contributed by atoms with Gasteiger partial charge in [-0.15, -0.1) is 0 Å². The van der Waals surface area contributed by atoms with E-state index in [0.29, 0.717) is 5.92 Å². The van der Waals surface area contributed by atoms with Crippen LogP contribution in [-0.4, -0.2) is 28.7 Å². The average molecular weight is 258 g/mol. The minimum absolute atomic E-state index is 0.0517. The summed E-state index contributed by atoms with van der Waals surface area (Å²) in [4.78, 5) is 7.45. The molecule has 4 nitrogen and oxygen atoms in total. The van der Waals surface area contributed by atoms with Gasteiger partial charge in [0.05, 0.1) is 18.3 Å². The highest BCUT2D eigenvalue weighted by Crippen LogP contribution is 2.39. The molecule has 1 saturated carbocycles. The van der Waals surface area contributed by atoms with Gasteiger partial charge in [0.25, 0.3) is 0 Å². The van der Waals surface area contributed by atoms with Crippen molar-refractivity contribution in [2.45, 2.75) is 31.4 Å². The first-order chi connectivity index (χ1) is 8.24. The molecule has 1 aromatic heterocycles. The summed E-state index contributed by atoms with van der Waals surface area (Å²) >= 11 is 5.65. The molecule has 17 heavy (non-hydrogen) atoms. The number of anilines is 1. The molecular formula is C11H13ClFN3O. The third kappa shape index (κ3) is 2.35. The maximum atomic E-state index is 13.5. The van der Waals surface area contributed by atoms with Crippen molar-refractivity contribution in [3.63, 3.8) is 0 Å². The molecule has 1 saturated heterocycles. The standard InChI is InChI=1S/C11H13ClFN3O/c12-11-14-5-7(13)10(16-11)15-8-3-4-17-9(8)6-1-2-6/h5-6,8-9H,1-4H2,(H,14,15,16). The number of hydrogen-bond donors (Lipinski definition) is 1. The number of aromatic nitrogens is 2. The van der Waals surface area contributed by atoms with Crippen LogP contribution in [-0.2, 0) is 4.74 Å². The first kappa shape index (κ1) is 11.2. The molecule has 0 aromatic carbocycles. The van der Waals surface area contributed by atoms with Gasteiger partial charge in [0.2, 0.25) is 5.28 Å². The van der Waals surface area contributed by atoms with E-state index in [2.05, 4.69) is 15.3 Å². The lowest BCUT2D eigenvalue weighted by molar-refractivity contribution is 0.0897. The van der Waals surface area contributed by atoms with E-state index in [4.69, 9.17) is 16.3 Å². The Morgan fingerprint density at radius 2 is 2.24 bits per heavy atom. The number of halogens is 2. The van der Waals surface area contributed by atoms with Crippen LogP contribution < -0.4 is 5.32 Å². The first-order valence-corrected chi connectivity index (χ1v) is 6.18. The monoisotopic (exact) mass is 257 g/mol. The van der Waals surface area contributed by atoms with Gasteiger partial charge in [-0.1, -0.05) is 0 Å². The molecule has 2 heterocycles. The highest BCUT2D eigenvalue weighted by Gasteiger charge is 2.40. The Morgan fingerprint density at radius 1 is 1.41 bits per heavy atom. The van der Waals surface area contributed by atoms with Crippen LogP contribution in [0.5, 0.6) is 0 Å². The van der Waals surface area contributed by atoms with Gasteiger partial charge < -0.3 is 10.1 Å². The fraction of sp³-hybridized carbons (Fsp3) is 0.636. The van der Waals surface area contributed by atoms with E-state index in [1.165, 1.54) is 12.8 Å². The van der Waals surface area contributed by atoms with Crippen LogP contribution >= 0.6 is 11.6 Å². The molecule has 2 fully saturated rings. The summed E-state index contributed by atoms with van der Waals surface area (Å²) in [6.45, 7) is 0.721. The third-order valence-corrected chi connectivity index (χ3v) is 3.44. The maximum absolute atomic E-state index is 13.5. The lowest BCUT2D eigenvalue weighted by Crippen LogP contribution is -2.31. The summed E-state index contributed by atoms with van der Waals surface area (Å²) < 4.78 is 19.2. The maximum Gasteiger partial charge on any atom is 0.224 e. The quantitative estimate of drug-likeness (QED) is 0.844. The smallest absolute Gasteiger partial charge is 0.224 e. The molecule has 6 heteroatoms. The Balaban J connectivity index is 1.74. The molecule has 0 amide bonds. The van der Waals surface area contributed by atoms with Crippen molar-refractivity contribution in [1.82, 2.24) is 9.97 Å². The molecule has 1 aromatic rings. The Morgan fingerprint density at radius 3 is 3.00 bits per heavy atom. The summed E-state index contributed by atoms with van der Waals surface area (Å²) in [6.07, 6.45) is 4.55. The van der Waals surface area contributed by atoms with Crippen LogP contribution in [0.1, 0.15) is 19.3 Å². The highest BCUT2D eigenvalue weighted by atomic mass is 35.5. The molecule has 0 spiro atoms. The topological polar surface area (TPSA) is 47.0 Å². The lowest BCUT2D eigenvalue weighted by Gasteiger charge is -2.20. The van der Waals surface area contributed by atoms with Crippen molar-refractivity contribution in [3.05, 3.63) is 17.3 Å². The van der Waals surface area contributed by atoms with Crippen molar-refractivity contribution in [2.24, 2.45) is 5.92 Å². The number of nitrogens with one attached hydrogen (secondary N) is 1. The zero-order valence-corrected chi connectivity index (χ0v) is 9.95. The number of nitrogens with zero attached hydrogens (tertiary/aromatic N) is 2. The molecule has 92 valence electrons. The van der Waals surface area contributed by atoms with E-state index in [9.17, 15) is 4.39 Å². The van der Waals surface area contributed by atoms with Gasteiger partial charge >= 0.3 is 0 Å². The third-order valence-electron chi connectivity index (χ3n) is 3.26. The van der Waals surface area contributed by atoms with E-state index >= 15 is 0 Å². The normalized spacial score (nSPS) is 28.4. The summed E-state index contributed by atoms with van der Waals surface area (Å²) in [7, 11) is 0. The van der Waals surface area contributed by atoms with Gasteiger partial charge in [-0.25, -0.2) is 9.37 Å². The molecule has 2 unspecified atom stereocenters. The summed E-state index contributed by atoms with van der Waals surface area (Å²) in [5.74, 6) is 0.317. The number of rotatable bonds is 3. The Hall–Kier alpha value is -0.940. The second kappa shape index (κ2) is 4.38. The predicted octanol–water partition coefficient (Wildman–Crippen LogP) is 2.25. The van der Waals surface area contributed by atoms with Gasteiger partial charge in [0, 0.05) is 6.61 Å². The average Bonchev–Trinajstić information content (AvgIpc) is 3.05. The number of ether oxygens (including phenoxy) is 1. The molecule has 1 N–H and O–H groups in total. The molecule has 0 radical (unpaired) electrons. The van der Waals surface area contributed by atoms with E-state index < -0.39 is 5.82 Å². The van der Waals surface area contributed by atoms with Crippen molar-refractivity contribution in [1.29, 1.82) is 0 Å². The lowest BCUT2D eigenvalue weighted by atomic mass is 10.1. The summed E-state index contributed by atoms with van der Waals surface area (Å²) in [5, 5.41) is 3.14. The van der Waals surface area contributed by atoms with Gasteiger partial charge in [0.1, 0.15) is 0 Å².